The van der Waals surface area contributed by atoms with Crippen LogP contribution >= 0.6 is 12.2 Å². The molecule has 8 nitrogen and oxygen atoms in total. The van der Waals surface area contributed by atoms with Crippen molar-refractivity contribution in [2.75, 3.05) is 18.6 Å². The van der Waals surface area contributed by atoms with Gasteiger partial charge in [-0.1, -0.05) is 18.2 Å². The normalized spacial score (nSPS) is 15.9. The summed E-state index contributed by atoms with van der Waals surface area (Å²) < 4.78 is 5.15. The molecule has 1 heterocycles. The molecular weight excluding hydrogens is 404 g/mol. The molecule has 1 aliphatic heterocycles. The second-order valence-corrected chi connectivity index (χ2v) is 6.87. The number of hydrogen-bond acceptors (Lipinski definition) is 5. The molecule has 2 N–H and O–H groups in total. The van der Waals surface area contributed by atoms with E-state index in [1.807, 2.05) is 0 Å². The lowest BCUT2D eigenvalue weighted by Gasteiger charge is -2.24. The van der Waals surface area contributed by atoms with Gasteiger partial charge in [-0.2, -0.15) is 0 Å². The lowest BCUT2D eigenvalue weighted by atomic mass is 10.1. The van der Waals surface area contributed by atoms with Crippen molar-refractivity contribution in [3.8, 4) is 5.75 Å². The minimum absolute atomic E-state index is 0.0868. The van der Waals surface area contributed by atoms with E-state index in [1.165, 1.54) is 9.91 Å². The highest BCUT2D eigenvalue weighted by Crippen LogP contribution is 2.27. The Kier molecular flexibility index (Phi) is 6.63. The Labute approximate surface area is 179 Å². The molecular formula is C21H22N4O4S. The topological polar surface area (TPSA) is 91.0 Å². The van der Waals surface area contributed by atoms with Crippen molar-refractivity contribution in [1.82, 2.24) is 15.8 Å². The summed E-state index contributed by atoms with van der Waals surface area (Å²) in [5, 5.41) is 4.05. The number of hydrazine groups is 1. The van der Waals surface area contributed by atoms with Crippen LogP contribution in [0.4, 0.5) is 5.69 Å². The molecule has 0 saturated carbocycles. The molecule has 0 bridgehead atoms. The number of ether oxygens (including phenoxy) is 1. The number of amides is 3. The van der Waals surface area contributed by atoms with E-state index >= 15 is 0 Å². The van der Waals surface area contributed by atoms with Crippen molar-refractivity contribution in [2.24, 2.45) is 0 Å². The SMILES string of the molecule is CCNC(=O)CC1C(=O)N(c2ccc(OC)cc2)C(=S)N1NC(=O)c1ccccc1. The number of carbonyl (C=O) groups is 3. The number of methoxy groups -OCH3 is 1. The smallest absolute Gasteiger partial charge is 0.269 e. The zero-order chi connectivity index (χ0) is 21.7. The van der Waals surface area contributed by atoms with Crippen LogP contribution in [0.15, 0.2) is 54.6 Å². The molecule has 1 unspecified atom stereocenters. The van der Waals surface area contributed by atoms with Gasteiger partial charge >= 0.3 is 0 Å². The summed E-state index contributed by atoms with van der Waals surface area (Å²) in [4.78, 5) is 39.4. The first-order chi connectivity index (χ1) is 14.5. The van der Waals surface area contributed by atoms with Gasteiger partial charge in [0.05, 0.1) is 19.2 Å². The van der Waals surface area contributed by atoms with Gasteiger partial charge in [0.15, 0.2) is 0 Å². The fourth-order valence-corrected chi connectivity index (χ4v) is 3.44. The maximum atomic E-state index is 13.2. The molecule has 1 saturated heterocycles. The van der Waals surface area contributed by atoms with E-state index in [9.17, 15) is 14.4 Å². The first kappa shape index (κ1) is 21.3. The molecule has 1 atom stereocenters. The van der Waals surface area contributed by atoms with Crippen molar-refractivity contribution in [2.45, 2.75) is 19.4 Å². The number of thiocarbonyl (C=S) groups is 1. The number of anilines is 1. The predicted octanol–water partition coefficient (Wildman–Crippen LogP) is 1.87. The Balaban J connectivity index is 1.89. The predicted molar refractivity (Wildman–Crippen MR) is 116 cm³/mol. The lowest BCUT2D eigenvalue weighted by Crippen LogP contribution is -2.50. The van der Waals surface area contributed by atoms with Gasteiger partial charge in [0.2, 0.25) is 11.0 Å². The number of hydrogen-bond donors (Lipinski definition) is 2. The van der Waals surface area contributed by atoms with Crippen molar-refractivity contribution in [3.63, 3.8) is 0 Å². The molecule has 2 aromatic carbocycles. The summed E-state index contributed by atoms with van der Waals surface area (Å²) in [6.45, 7) is 2.22. The van der Waals surface area contributed by atoms with Gasteiger partial charge in [-0.3, -0.25) is 24.7 Å². The fraction of sp³-hybridized carbons (Fsp3) is 0.238. The van der Waals surface area contributed by atoms with Crippen LogP contribution < -0.4 is 20.4 Å². The molecule has 156 valence electrons. The molecule has 9 heteroatoms. The van der Waals surface area contributed by atoms with E-state index in [0.29, 0.717) is 23.5 Å². The average molecular weight is 426 g/mol. The fourth-order valence-electron chi connectivity index (χ4n) is 3.08. The highest BCUT2D eigenvalue weighted by atomic mass is 32.1. The summed E-state index contributed by atoms with van der Waals surface area (Å²) in [5.41, 5.74) is 3.61. The summed E-state index contributed by atoms with van der Waals surface area (Å²) in [7, 11) is 1.55. The molecule has 2 aromatic rings. The van der Waals surface area contributed by atoms with Gasteiger partial charge in [0.25, 0.3) is 11.8 Å². The van der Waals surface area contributed by atoms with E-state index in [2.05, 4.69) is 10.7 Å². The maximum absolute atomic E-state index is 13.2. The Morgan fingerprint density at radius 1 is 1.10 bits per heavy atom. The van der Waals surface area contributed by atoms with Gasteiger partial charge < -0.3 is 10.1 Å². The first-order valence-corrected chi connectivity index (χ1v) is 9.81. The van der Waals surface area contributed by atoms with E-state index in [4.69, 9.17) is 17.0 Å². The summed E-state index contributed by atoms with van der Waals surface area (Å²) >= 11 is 5.50. The molecule has 1 fully saturated rings. The number of nitrogens with one attached hydrogen (secondary N) is 2. The Bertz CT molecular complexity index is 949. The summed E-state index contributed by atoms with van der Waals surface area (Å²) in [5.74, 6) is -0.508. The van der Waals surface area contributed by atoms with Crippen LogP contribution in [0.1, 0.15) is 23.7 Å². The third-order valence-corrected chi connectivity index (χ3v) is 4.94. The van der Waals surface area contributed by atoms with Crippen LogP contribution in [0, 0.1) is 0 Å². The van der Waals surface area contributed by atoms with Crippen molar-refractivity contribution in [1.29, 1.82) is 0 Å². The maximum Gasteiger partial charge on any atom is 0.269 e. The van der Waals surface area contributed by atoms with Crippen LogP contribution in [0.2, 0.25) is 0 Å². The standard InChI is InChI=1S/C21H22N4O4S/c1-3-22-18(26)13-17-20(28)24(15-9-11-16(29-2)12-10-15)21(30)25(17)23-19(27)14-7-5-4-6-8-14/h4-12,17H,3,13H2,1-2H3,(H,22,26)(H,23,27). The Morgan fingerprint density at radius 2 is 1.77 bits per heavy atom. The molecule has 0 spiro atoms. The van der Waals surface area contributed by atoms with Crippen molar-refractivity contribution < 1.29 is 19.1 Å². The van der Waals surface area contributed by atoms with E-state index in [0.717, 1.165) is 0 Å². The molecule has 3 amide bonds. The molecule has 3 rings (SSSR count). The largest absolute Gasteiger partial charge is 0.497 e. The molecule has 0 aromatic heterocycles. The summed E-state index contributed by atoms with van der Waals surface area (Å²) in [6, 6.07) is 14.4. The van der Waals surface area contributed by atoms with E-state index in [1.54, 1.807) is 68.6 Å². The Morgan fingerprint density at radius 3 is 2.37 bits per heavy atom. The number of carbonyl (C=O) groups excluding carboxylic acids is 3. The second kappa shape index (κ2) is 9.36. The van der Waals surface area contributed by atoms with Crippen LogP contribution in [0.25, 0.3) is 0 Å². The quantitative estimate of drug-likeness (QED) is 0.657. The number of rotatable bonds is 7. The van der Waals surface area contributed by atoms with Gasteiger partial charge in [-0.05, 0) is 55.5 Å². The summed E-state index contributed by atoms with van der Waals surface area (Å²) in [6.07, 6.45) is -0.144. The zero-order valence-electron chi connectivity index (χ0n) is 16.6. The zero-order valence-corrected chi connectivity index (χ0v) is 17.4. The molecule has 30 heavy (non-hydrogen) atoms. The third-order valence-electron chi connectivity index (χ3n) is 4.56. The monoisotopic (exact) mass is 426 g/mol. The Hall–Kier alpha value is -3.46. The van der Waals surface area contributed by atoms with Gasteiger partial charge in [0.1, 0.15) is 11.8 Å². The number of benzene rings is 2. The molecule has 0 aliphatic carbocycles. The molecule has 1 aliphatic rings. The minimum Gasteiger partial charge on any atom is -0.497 e. The lowest BCUT2D eigenvalue weighted by molar-refractivity contribution is -0.127. The third kappa shape index (κ3) is 4.41. The van der Waals surface area contributed by atoms with Crippen molar-refractivity contribution >= 4 is 40.7 Å². The van der Waals surface area contributed by atoms with Gasteiger partial charge in [-0.25, -0.2) is 5.01 Å². The average Bonchev–Trinajstić information content (AvgIpc) is 2.98. The van der Waals surface area contributed by atoms with Gasteiger partial charge in [-0.15, -0.1) is 0 Å². The van der Waals surface area contributed by atoms with Crippen LogP contribution in [-0.4, -0.2) is 47.5 Å². The molecule has 0 radical (unpaired) electrons. The second-order valence-electron chi connectivity index (χ2n) is 6.50. The first-order valence-electron chi connectivity index (χ1n) is 9.40. The van der Waals surface area contributed by atoms with Crippen LogP contribution in [-0.2, 0) is 9.59 Å². The van der Waals surface area contributed by atoms with Crippen LogP contribution in [0.5, 0.6) is 5.75 Å². The minimum atomic E-state index is -0.959. The highest BCUT2D eigenvalue weighted by Gasteiger charge is 2.45. The van der Waals surface area contributed by atoms with Gasteiger partial charge in [0, 0.05) is 12.1 Å². The van der Waals surface area contributed by atoms with E-state index in [-0.39, 0.29) is 17.4 Å². The van der Waals surface area contributed by atoms with E-state index < -0.39 is 17.9 Å². The van der Waals surface area contributed by atoms with Crippen LogP contribution in [0.3, 0.4) is 0 Å². The number of nitrogens with zero attached hydrogens (tertiary/aromatic N) is 2. The van der Waals surface area contributed by atoms with Crippen molar-refractivity contribution in [3.05, 3.63) is 60.2 Å². The highest BCUT2D eigenvalue weighted by molar-refractivity contribution is 7.80.